The molecule has 0 saturated heterocycles. The van der Waals surface area contributed by atoms with Crippen LogP contribution in [0.2, 0.25) is 0 Å². The van der Waals surface area contributed by atoms with Crippen molar-refractivity contribution in [3.63, 3.8) is 0 Å². The molecule has 0 aliphatic heterocycles. The third-order valence-corrected chi connectivity index (χ3v) is 3.61. The van der Waals surface area contributed by atoms with Crippen LogP contribution in [0.3, 0.4) is 0 Å². The van der Waals surface area contributed by atoms with Crippen molar-refractivity contribution in [2.45, 2.75) is 12.6 Å². The number of benzene rings is 2. The standard InChI is InChI=1S/C16H18N4O/c1-20-15(10-18-19-20)9-17-11-16(21)14-7-6-12-4-2-3-5-13(12)8-14/h2-8,10,16-17,21H,9,11H2,1H3. The van der Waals surface area contributed by atoms with Gasteiger partial charge >= 0.3 is 0 Å². The smallest absolute Gasteiger partial charge is 0.0914 e. The van der Waals surface area contributed by atoms with E-state index >= 15 is 0 Å². The van der Waals surface area contributed by atoms with E-state index in [0.717, 1.165) is 16.6 Å². The molecule has 108 valence electrons. The number of aliphatic hydroxyl groups is 1. The summed E-state index contributed by atoms with van der Waals surface area (Å²) in [6.45, 7) is 1.12. The largest absolute Gasteiger partial charge is 0.387 e. The van der Waals surface area contributed by atoms with Gasteiger partial charge in [0.15, 0.2) is 0 Å². The fraction of sp³-hybridized carbons (Fsp3) is 0.250. The van der Waals surface area contributed by atoms with Crippen LogP contribution in [0.15, 0.2) is 48.7 Å². The van der Waals surface area contributed by atoms with Crippen LogP contribution in [0.1, 0.15) is 17.4 Å². The number of aryl methyl sites for hydroxylation is 1. The molecule has 0 aliphatic rings. The number of aliphatic hydroxyl groups excluding tert-OH is 1. The first-order chi connectivity index (χ1) is 10.2. The molecule has 3 rings (SSSR count). The second kappa shape index (κ2) is 6.03. The predicted octanol–water partition coefficient (Wildman–Crippen LogP) is 1.79. The summed E-state index contributed by atoms with van der Waals surface area (Å²) in [5.41, 5.74) is 1.91. The zero-order chi connectivity index (χ0) is 14.7. The van der Waals surface area contributed by atoms with E-state index < -0.39 is 6.10 Å². The first-order valence-corrected chi connectivity index (χ1v) is 6.95. The maximum atomic E-state index is 10.3. The summed E-state index contributed by atoms with van der Waals surface area (Å²) >= 11 is 0. The highest BCUT2D eigenvalue weighted by Gasteiger charge is 2.08. The van der Waals surface area contributed by atoms with Crippen LogP contribution in [0, 0.1) is 0 Å². The first-order valence-electron chi connectivity index (χ1n) is 6.95. The van der Waals surface area contributed by atoms with Crippen molar-refractivity contribution in [3.05, 3.63) is 59.9 Å². The van der Waals surface area contributed by atoms with Gasteiger partial charge in [-0.2, -0.15) is 0 Å². The lowest BCUT2D eigenvalue weighted by molar-refractivity contribution is 0.174. The van der Waals surface area contributed by atoms with Crippen LogP contribution < -0.4 is 5.32 Å². The van der Waals surface area contributed by atoms with Crippen molar-refractivity contribution in [3.8, 4) is 0 Å². The Balaban J connectivity index is 1.63. The Labute approximate surface area is 123 Å². The van der Waals surface area contributed by atoms with Crippen molar-refractivity contribution in [2.24, 2.45) is 7.05 Å². The summed E-state index contributed by atoms with van der Waals surface area (Å²) in [7, 11) is 1.85. The van der Waals surface area contributed by atoms with Gasteiger partial charge in [0.2, 0.25) is 0 Å². The van der Waals surface area contributed by atoms with E-state index in [-0.39, 0.29) is 0 Å². The highest BCUT2D eigenvalue weighted by atomic mass is 16.3. The van der Waals surface area contributed by atoms with E-state index in [1.807, 2.05) is 37.4 Å². The molecule has 21 heavy (non-hydrogen) atoms. The summed E-state index contributed by atoms with van der Waals surface area (Å²) in [6, 6.07) is 14.2. The Morgan fingerprint density at radius 2 is 2.00 bits per heavy atom. The minimum absolute atomic E-state index is 0.490. The lowest BCUT2D eigenvalue weighted by Crippen LogP contribution is -2.22. The predicted molar refractivity (Wildman–Crippen MR) is 81.6 cm³/mol. The fourth-order valence-electron chi connectivity index (χ4n) is 2.34. The molecule has 2 aromatic carbocycles. The third-order valence-electron chi connectivity index (χ3n) is 3.61. The van der Waals surface area contributed by atoms with Crippen LogP contribution in [-0.4, -0.2) is 26.6 Å². The number of fused-ring (bicyclic) bond motifs is 1. The van der Waals surface area contributed by atoms with Crippen molar-refractivity contribution in [2.75, 3.05) is 6.54 Å². The second-order valence-corrected chi connectivity index (χ2v) is 5.10. The number of nitrogens with one attached hydrogen (secondary N) is 1. The van der Waals surface area contributed by atoms with Crippen LogP contribution in [-0.2, 0) is 13.6 Å². The molecular weight excluding hydrogens is 264 g/mol. The normalized spacial score (nSPS) is 12.7. The van der Waals surface area contributed by atoms with E-state index in [1.54, 1.807) is 10.9 Å². The quantitative estimate of drug-likeness (QED) is 0.749. The Bertz CT molecular complexity index is 738. The Morgan fingerprint density at radius 1 is 1.19 bits per heavy atom. The monoisotopic (exact) mass is 282 g/mol. The zero-order valence-electron chi connectivity index (χ0n) is 11.9. The second-order valence-electron chi connectivity index (χ2n) is 5.10. The Kier molecular flexibility index (Phi) is 3.94. The van der Waals surface area contributed by atoms with Gasteiger partial charge in [0.1, 0.15) is 0 Å². The molecule has 0 amide bonds. The summed E-state index contributed by atoms with van der Waals surface area (Å²) in [5.74, 6) is 0. The van der Waals surface area contributed by atoms with E-state index in [0.29, 0.717) is 13.1 Å². The minimum atomic E-state index is -0.532. The van der Waals surface area contributed by atoms with Crippen molar-refractivity contribution in [1.82, 2.24) is 20.3 Å². The summed E-state index contributed by atoms with van der Waals surface area (Å²) in [4.78, 5) is 0. The maximum Gasteiger partial charge on any atom is 0.0914 e. The van der Waals surface area contributed by atoms with E-state index in [4.69, 9.17) is 0 Å². The average molecular weight is 282 g/mol. The summed E-state index contributed by atoms with van der Waals surface area (Å²) in [5, 5.41) is 23.5. The average Bonchev–Trinajstić information content (AvgIpc) is 2.92. The molecule has 0 spiro atoms. The molecule has 1 heterocycles. The highest BCUT2D eigenvalue weighted by Crippen LogP contribution is 2.20. The Hall–Kier alpha value is -2.24. The maximum absolute atomic E-state index is 10.3. The lowest BCUT2D eigenvalue weighted by atomic mass is 10.0. The van der Waals surface area contributed by atoms with Gasteiger partial charge in [-0.15, -0.1) is 5.10 Å². The molecule has 3 aromatic rings. The number of aromatic nitrogens is 3. The van der Waals surface area contributed by atoms with Gasteiger partial charge in [0.25, 0.3) is 0 Å². The molecule has 5 heteroatoms. The van der Waals surface area contributed by atoms with E-state index in [9.17, 15) is 5.11 Å². The number of rotatable bonds is 5. The van der Waals surface area contributed by atoms with Crippen molar-refractivity contribution in [1.29, 1.82) is 0 Å². The van der Waals surface area contributed by atoms with E-state index in [1.165, 1.54) is 5.39 Å². The minimum Gasteiger partial charge on any atom is -0.387 e. The zero-order valence-corrected chi connectivity index (χ0v) is 11.9. The van der Waals surface area contributed by atoms with E-state index in [2.05, 4.69) is 27.8 Å². The molecule has 0 aliphatic carbocycles. The molecule has 0 saturated carbocycles. The van der Waals surface area contributed by atoms with Gasteiger partial charge in [-0.25, -0.2) is 0 Å². The number of hydrogen-bond acceptors (Lipinski definition) is 4. The molecule has 2 N–H and O–H groups in total. The molecule has 0 radical (unpaired) electrons. The molecule has 5 nitrogen and oxygen atoms in total. The fourth-order valence-corrected chi connectivity index (χ4v) is 2.34. The van der Waals surface area contributed by atoms with Crippen LogP contribution in [0.25, 0.3) is 10.8 Å². The highest BCUT2D eigenvalue weighted by molar-refractivity contribution is 5.83. The summed E-state index contributed by atoms with van der Waals surface area (Å²) < 4.78 is 1.72. The van der Waals surface area contributed by atoms with Gasteiger partial charge in [0, 0.05) is 20.1 Å². The molecule has 0 bridgehead atoms. The van der Waals surface area contributed by atoms with Gasteiger partial charge in [0.05, 0.1) is 18.0 Å². The SMILES string of the molecule is Cn1nncc1CNCC(O)c1ccc2ccccc2c1. The third kappa shape index (κ3) is 3.09. The molecule has 1 aromatic heterocycles. The van der Waals surface area contributed by atoms with Gasteiger partial charge < -0.3 is 10.4 Å². The summed E-state index contributed by atoms with van der Waals surface area (Å²) in [6.07, 6.45) is 1.19. The van der Waals surface area contributed by atoms with Crippen molar-refractivity contribution < 1.29 is 5.11 Å². The van der Waals surface area contributed by atoms with Crippen LogP contribution >= 0.6 is 0 Å². The molecule has 1 atom stereocenters. The Morgan fingerprint density at radius 3 is 2.76 bits per heavy atom. The van der Waals surface area contributed by atoms with Crippen molar-refractivity contribution >= 4 is 10.8 Å². The lowest BCUT2D eigenvalue weighted by Gasteiger charge is -2.13. The first kappa shape index (κ1) is 13.7. The number of nitrogens with zero attached hydrogens (tertiary/aromatic N) is 3. The van der Waals surface area contributed by atoms with Gasteiger partial charge in [-0.05, 0) is 22.4 Å². The molecular formula is C16H18N4O. The topological polar surface area (TPSA) is 63.0 Å². The van der Waals surface area contributed by atoms with Gasteiger partial charge in [-0.3, -0.25) is 4.68 Å². The van der Waals surface area contributed by atoms with Crippen LogP contribution in [0.4, 0.5) is 0 Å². The molecule has 1 unspecified atom stereocenters. The van der Waals surface area contributed by atoms with Gasteiger partial charge in [-0.1, -0.05) is 41.6 Å². The number of hydrogen-bond donors (Lipinski definition) is 2. The molecule has 0 fully saturated rings. The van der Waals surface area contributed by atoms with Crippen LogP contribution in [0.5, 0.6) is 0 Å².